The van der Waals surface area contributed by atoms with Crippen molar-refractivity contribution in [3.8, 4) is 11.8 Å². The minimum Gasteiger partial charge on any atom is -0.388 e. The Kier molecular flexibility index (Phi) is 9.66. The molecule has 0 aliphatic heterocycles. The van der Waals surface area contributed by atoms with E-state index in [1.54, 1.807) is 4.90 Å². The van der Waals surface area contributed by atoms with Crippen molar-refractivity contribution in [1.82, 2.24) is 10.2 Å². The van der Waals surface area contributed by atoms with E-state index >= 15 is 0 Å². The van der Waals surface area contributed by atoms with Crippen molar-refractivity contribution < 1.29 is 4.79 Å². The molecule has 0 saturated carbocycles. The molecule has 0 heterocycles. The molecule has 30 heavy (non-hydrogen) atoms. The molecule has 0 fully saturated rings. The van der Waals surface area contributed by atoms with Gasteiger partial charge in [0.1, 0.15) is 0 Å². The predicted octanol–water partition coefficient (Wildman–Crippen LogP) is 5.90. The van der Waals surface area contributed by atoms with Gasteiger partial charge < -0.3 is 10.2 Å². The maximum absolute atomic E-state index is 12.9. The van der Waals surface area contributed by atoms with Gasteiger partial charge in [0.15, 0.2) is 0 Å². The summed E-state index contributed by atoms with van der Waals surface area (Å²) in [6.45, 7) is 18.9. The highest BCUT2D eigenvalue weighted by molar-refractivity contribution is 5.79. The van der Waals surface area contributed by atoms with E-state index in [0.29, 0.717) is 6.42 Å². The first-order valence-corrected chi connectivity index (χ1v) is 10.5. The highest BCUT2D eigenvalue weighted by atomic mass is 16.2. The third-order valence-corrected chi connectivity index (χ3v) is 5.21. The van der Waals surface area contributed by atoms with Crippen LogP contribution in [-0.4, -0.2) is 24.4 Å². The van der Waals surface area contributed by atoms with E-state index in [9.17, 15) is 4.79 Å². The summed E-state index contributed by atoms with van der Waals surface area (Å²) >= 11 is 0. The fourth-order valence-corrected chi connectivity index (χ4v) is 3.21. The molecular formula is C27H38N2O. The van der Waals surface area contributed by atoms with Gasteiger partial charge in [0, 0.05) is 37.8 Å². The maximum Gasteiger partial charge on any atom is 0.227 e. The second-order valence-electron chi connectivity index (χ2n) is 8.75. The summed E-state index contributed by atoms with van der Waals surface area (Å²) in [4.78, 5) is 14.6. The van der Waals surface area contributed by atoms with Crippen molar-refractivity contribution in [2.75, 3.05) is 13.6 Å². The lowest BCUT2D eigenvalue weighted by Gasteiger charge is -2.28. The Morgan fingerprint density at radius 1 is 1.23 bits per heavy atom. The average molecular weight is 407 g/mol. The Morgan fingerprint density at radius 3 is 2.37 bits per heavy atom. The van der Waals surface area contributed by atoms with Crippen LogP contribution in [0.3, 0.4) is 0 Å². The fraction of sp³-hybridized carbons (Fsp3) is 0.444. The molecule has 0 bridgehead atoms. The molecule has 1 rings (SSSR count). The van der Waals surface area contributed by atoms with Crippen molar-refractivity contribution in [2.45, 2.75) is 60.3 Å². The molecule has 1 atom stereocenters. The quantitative estimate of drug-likeness (QED) is 0.409. The minimum atomic E-state index is -0.255. The van der Waals surface area contributed by atoms with Gasteiger partial charge in [-0.3, -0.25) is 4.79 Å². The van der Waals surface area contributed by atoms with E-state index in [0.717, 1.165) is 23.4 Å². The van der Waals surface area contributed by atoms with Crippen LogP contribution in [0.2, 0.25) is 0 Å². The zero-order valence-corrected chi connectivity index (χ0v) is 20.0. The summed E-state index contributed by atoms with van der Waals surface area (Å²) in [5.41, 5.74) is 5.19. The Hall–Kier alpha value is -2.73. The van der Waals surface area contributed by atoms with Crippen molar-refractivity contribution in [3.63, 3.8) is 0 Å². The molecule has 162 valence electrons. The van der Waals surface area contributed by atoms with Gasteiger partial charge in [0.2, 0.25) is 5.91 Å². The van der Waals surface area contributed by atoms with Gasteiger partial charge in [-0.15, -0.1) is 5.92 Å². The maximum atomic E-state index is 12.9. The molecule has 0 aromatic heterocycles. The largest absolute Gasteiger partial charge is 0.388 e. The van der Waals surface area contributed by atoms with Gasteiger partial charge in [-0.2, -0.15) is 0 Å². The zero-order valence-electron chi connectivity index (χ0n) is 20.0. The number of nitrogens with one attached hydrogen (secondary N) is 1. The smallest absolute Gasteiger partial charge is 0.227 e. The number of hydrogen-bond acceptors (Lipinski definition) is 2. The Morgan fingerprint density at radius 2 is 1.83 bits per heavy atom. The summed E-state index contributed by atoms with van der Waals surface area (Å²) in [5, 5.41) is 3.26. The third kappa shape index (κ3) is 7.95. The van der Waals surface area contributed by atoms with Crippen molar-refractivity contribution >= 4 is 11.5 Å². The normalized spacial score (nSPS) is 13.2. The van der Waals surface area contributed by atoms with Crippen LogP contribution in [-0.2, 0) is 10.2 Å². The number of rotatable bonds is 9. The van der Waals surface area contributed by atoms with Crippen LogP contribution in [0.4, 0.5) is 0 Å². The minimum absolute atomic E-state index is 0.0967. The summed E-state index contributed by atoms with van der Waals surface area (Å²) in [7, 11) is 1.83. The lowest BCUT2D eigenvalue weighted by Crippen LogP contribution is -2.32. The second kappa shape index (κ2) is 11.5. The number of hydrogen-bond donors (Lipinski definition) is 1. The number of carbonyl (C=O) groups excluding carboxylic acids is 1. The second-order valence-corrected chi connectivity index (χ2v) is 8.75. The number of amides is 1. The van der Waals surface area contributed by atoms with Crippen LogP contribution in [0.1, 0.15) is 66.0 Å². The molecule has 0 radical (unpaired) electrons. The molecule has 3 nitrogen and oxygen atoms in total. The van der Waals surface area contributed by atoms with E-state index in [-0.39, 0.29) is 17.2 Å². The van der Waals surface area contributed by atoms with E-state index < -0.39 is 0 Å². The van der Waals surface area contributed by atoms with Crippen LogP contribution in [0.25, 0.3) is 5.57 Å². The van der Waals surface area contributed by atoms with E-state index in [1.165, 1.54) is 11.1 Å². The van der Waals surface area contributed by atoms with Crippen LogP contribution in [0.5, 0.6) is 0 Å². The number of carbonyl (C=O) groups is 1. The first-order valence-electron chi connectivity index (χ1n) is 10.5. The van der Waals surface area contributed by atoms with E-state index in [1.807, 2.05) is 34.0 Å². The van der Waals surface area contributed by atoms with Gasteiger partial charge in [0.25, 0.3) is 0 Å². The Labute approximate surface area is 183 Å². The number of allylic oxidation sites excluding steroid dienone is 4. The van der Waals surface area contributed by atoms with Gasteiger partial charge >= 0.3 is 0 Å². The highest BCUT2D eigenvalue weighted by Gasteiger charge is 2.26. The van der Waals surface area contributed by atoms with Crippen LogP contribution in [0.15, 0.2) is 54.4 Å². The predicted molar refractivity (Wildman–Crippen MR) is 130 cm³/mol. The fourth-order valence-electron chi connectivity index (χ4n) is 3.21. The first kappa shape index (κ1) is 25.3. The molecular weight excluding hydrogens is 368 g/mol. The van der Waals surface area contributed by atoms with Crippen molar-refractivity contribution in [3.05, 3.63) is 65.5 Å². The van der Waals surface area contributed by atoms with Gasteiger partial charge in [-0.25, -0.2) is 0 Å². The van der Waals surface area contributed by atoms with Gasteiger partial charge in [-0.05, 0) is 56.7 Å². The number of benzene rings is 1. The summed E-state index contributed by atoms with van der Waals surface area (Å²) in [5.74, 6) is 6.40. The van der Waals surface area contributed by atoms with Gasteiger partial charge in [0.05, 0.1) is 0 Å². The molecule has 1 unspecified atom stereocenters. The first-order chi connectivity index (χ1) is 14.0. The highest BCUT2D eigenvalue weighted by Crippen LogP contribution is 2.29. The van der Waals surface area contributed by atoms with E-state index in [4.69, 9.17) is 0 Å². The molecule has 0 aliphatic carbocycles. The third-order valence-electron chi connectivity index (χ3n) is 5.21. The lowest BCUT2D eigenvalue weighted by atomic mass is 9.80. The lowest BCUT2D eigenvalue weighted by molar-refractivity contribution is -0.129. The van der Waals surface area contributed by atoms with Crippen LogP contribution >= 0.6 is 0 Å². The van der Waals surface area contributed by atoms with Gasteiger partial charge in [-0.1, -0.05) is 62.3 Å². The van der Waals surface area contributed by atoms with Crippen LogP contribution < -0.4 is 5.32 Å². The molecule has 1 amide bonds. The molecule has 0 saturated heterocycles. The molecule has 1 N–H and O–H groups in total. The standard InChI is InChI=1S/C27H38N2O/c1-10-11-21(4)18-28-19-23(6)29(9)26(30)17-27(7,8)25-14-12-24(13-15-25)22(5)16-20(2)3/h12-16,19,21,28H,2,17-18H2,1,3-9H3/b22-16+,23-19+. The van der Waals surface area contributed by atoms with Crippen LogP contribution in [0, 0.1) is 17.8 Å². The molecule has 0 spiro atoms. The average Bonchev–Trinajstić information content (AvgIpc) is 2.66. The monoisotopic (exact) mass is 406 g/mol. The summed E-state index contributed by atoms with van der Waals surface area (Å²) in [6, 6.07) is 8.49. The summed E-state index contributed by atoms with van der Waals surface area (Å²) in [6.07, 6.45) is 4.41. The van der Waals surface area contributed by atoms with Crippen molar-refractivity contribution in [1.29, 1.82) is 0 Å². The SMILES string of the molecule is C=C(C)/C=C(\C)c1ccc(C(C)(C)CC(=O)N(C)/C(C)=C/NCC(C)C#CC)cc1. The number of nitrogens with zero attached hydrogens (tertiary/aromatic N) is 1. The molecule has 1 aromatic carbocycles. The Balaban J connectivity index is 2.80. The topological polar surface area (TPSA) is 32.3 Å². The van der Waals surface area contributed by atoms with E-state index in [2.05, 4.69) is 81.8 Å². The molecule has 1 aromatic rings. The summed E-state index contributed by atoms with van der Waals surface area (Å²) < 4.78 is 0. The molecule has 0 aliphatic rings. The van der Waals surface area contributed by atoms with Crippen molar-refractivity contribution in [2.24, 2.45) is 5.92 Å². The molecule has 3 heteroatoms. The Bertz CT molecular complexity index is 860. The zero-order chi connectivity index (χ0) is 22.9.